The minimum atomic E-state index is 0.540. The predicted octanol–water partition coefficient (Wildman–Crippen LogP) is 3.21. The molecule has 3 aromatic rings. The lowest BCUT2D eigenvalue weighted by Crippen LogP contribution is -2.51. The third kappa shape index (κ3) is 3.26. The smallest absolute Gasteiger partial charge is 0.186 e. The van der Waals surface area contributed by atoms with Crippen LogP contribution in [0.3, 0.4) is 0 Å². The summed E-state index contributed by atoms with van der Waals surface area (Å²) in [6, 6.07) is 4.53. The Balaban J connectivity index is 1.62. The van der Waals surface area contributed by atoms with Gasteiger partial charge in [-0.1, -0.05) is 13.8 Å². The van der Waals surface area contributed by atoms with Gasteiger partial charge in [0.25, 0.3) is 0 Å². The first-order chi connectivity index (χ1) is 12.1. The lowest BCUT2D eigenvalue weighted by Gasteiger charge is -2.34. The Morgan fingerprint density at radius 3 is 3.12 bits per heavy atom. The van der Waals surface area contributed by atoms with Crippen LogP contribution in [0.5, 0.6) is 0 Å². The van der Waals surface area contributed by atoms with Gasteiger partial charge in [-0.05, 0) is 31.4 Å². The molecule has 0 aromatic carbocycles. The Hall–Kier alpha value is -1.99. The molecule has 2 N–H and O–H groups in total. The van der Waals surface area contributed by atoms with E-state index in [1.807, 2.05) is 12.1 Å². The van der Waals surface area contributed by atoms with Gasteiger partial charge in [0, 0.05) is 42.1 Å². The quantitative estimate of drug-likeness (QED) is 0.751. The predicted molar refractivity (Wildman–Crippen MR) is 103 cm³/mol. The zero-order chi connectivity index (χ0) is 17.4. The third-order valence-electron chi connectivity index (χ3n) is 4.63. The lowest BCUT2D eigenvalue weighted by atomic mass is 10.0. The normalized spacial score (nSPS) is 18.4. The summed E-state index contributed by atoms with van der Waals surface area (Å²) in [6.07, 6.45) is 2.96. The highest BCUT2D eigenvalue weighted by molar-refractivity contribution is 7.16. The molecule has 0 bridgehead atoms. The van der Waals surface area contributed by atoms with E-state index in [4.69, 9.17) is 4.98 Å². The average molecular weight is 356 g/mol. The van der Waals surface area contributed by atoms with Crippen molar-refractivity contribution in [2.24, 2.45) is 5.92 Å². The molecule has 6 nitrogen and oxygen atoms in total. The average Bonchev–Trinajstić information content (AvgIpc) is 3.18. The Labute approximate surface area is 151 Å². The van der Waals surface area contributed by atoms with Crippen LogP contribution in [0.25, 0.3) is 22.4 Å². The molecule has 4 heterocycles. The van der Waals surface area contributed by atoms with Crippen molar-refractivity contribution in [3.05, 3.63) is 23.2 Å². The molecule has 4 rings (SSSR count). The molecule has 0 aliphatic carbocycles. The number of aromatic nitrogens is 4. The monoisotopic (exact) mass is 356 g/mol. The van der Waals surface area contributed by atoms with Crippen molar-refractivity contribution in [1.82, 2.24) is 25.5 Å². The zero-order valence-electron chi connectivity index (χ0n) is 14.9. The number of hydrogen-bond donors (Lipinski definition) is 2. The van der Waals surface area contributed by atoms with Crippen LogP contribution in [0.2, 0.25) is 0 Å². The van der Waals surface area contributed by atoms with Gasteiger partial charge in [-0.25, -0.2) is 9.97 Å². The highest BCUT2D eigenvalue weighted by Gasteiger charge is 2.24. The summed E-state index contributed by atoms with van der Waals surface area (Å²) in [5.74, 6) is 0.704. The topological polar surface area (TPSA) is 69.7 Å². The number of nitrogens with zero attached hydrogens (tertiary/aromatic N) is 4. The van der Waals surface area contributed by atoms with Gasteiger partial charge in [-0.3, -0.25) is 5.10 Å². The van der Waals surface area contributed by atoms with Gasteiger partial charge < -0.3 is 10.2 Å². The summed E-state index contributed by atoms with van der Waals surface area (Å²) in [4.78, 5) is 12.9. The van der Waals surface area contributed by atoms with Crippen LogP contribution in [0.4, 0.5) is 5.13 Å². The second kappa shape index (κ2) is 6.72. The molecular weight excluding hydrogens is 332 g/mol. The van der Waals surface area contributed by atoms with Gasteiger partial charge in [0.1, 0.15) is 5.69 Å². The Morgan fingerprint density at radius 2 is 2.28 bits per heavy atom. The number of pyridine rings is 1. The van der Waals surface area contributed by atoms with Gasteiger partial charge in [-0.2, -0.15) is 5.10 Å². The minimum Gasteiger partial charge on any atom is -0.345 e. The van der Waals surface area contributed by atoms with Crippen molar-refractivity contribution in [2.75, 3.05) is 24.5 Å². The number of fused-ring (bicyclic) bond motifs is 1. The second-order valence-electron chi connectivity index (χ2n) is 7.10. The molecule has 0 saturated carbocycles. The molecule has 0 radical (unpaired) electrons. The largest absolute Gasteiger partial charge is 0.345 e. The van der Waals surface area contributed by atoms with E-state index < -0.39 is 0 Å². The Bertz CT molecular complexity index is 867. The third-order valence-corrected chi connectivity index (χ3v) is 5.67. The number of thiazole rings is 1. The second-order valence-corrected chi connectivity index (χ2v) is 8.28. The van der Waals surface area contributed by atoms with Crippen molar-refractivity contribution in [1.29, 1.82) is 0 Å². The number of H-pyrrole nitrogens is 1. The van der Waals surface area contributed by atoms with E-state index in [2.05, 4.69) is 46.2 Å². The number of aromatic amines is 1. The number of piperazine rings is 1. The zero-order valence-corrected chi connectivity index (χ0v) is 15.7. The van der Waals surface area contributed by atoms with Crippen molar-refractivity contribution >= 4 is 27.5 Å². The molecular formula is C18H24N6S. The summed E-state index contributed by atoms with van der Waals surface area (Å²) in [5, 5.41) is 13.2. The molecule has 25 heavy (non-hydrogen) atoms. The molecule has 1 fully saturated rings. The molecule has 0 amide bonds. The fourth-order valence-corrected chi connectivity index (χ4v) is 4.46. The number of rotatable bonds is 4. The van der Waals surface area contributed by atoms with Gasteiger partial charge in [0.2, 0.25) is 0 Å². The molecule has 0 spiro atoms. The molecule has 1 aliphatic rings. The van der Waals surface area contributed by atoms with Crippen LogP contribution in [0.1, 0.15) is 25.1 Å². The van der Waals surface area contributed by atoms with E-state index in [-0.39, 0.29) is 0 Å². The van der Waals surface area contributed by atoms with Crippen LogP contribution in [-0.4, -0.2) is 45.8 Å². The molecule has 1 atom stereocenters. The van der Waals surface area contributed by atoms with E-state index in [1.54, 1.807) is 17.5 Å². The van der Waals surface area contributed by atoms with E-state index in [0.717, 1.165) is 47.2 Å². The highest BCUT2D eigenvalue weighted by Crippen LogP contribution is 2.34. The first-order valence-corrected chi connectivity index (χ1v) is 9.68. The summed E-state index contributed by atoms with van der Waals surface area (Å²) >= 11 is 1.77. The maximum absolute atomic E-state index is 4.96. The van der Waals surface area contributed by atoms with Gasteiger partial charge in [0.15, 0.2) is 10.8 Å². The van der Waals surface area contributed by atoms with Crippen molar-refractivity contribution in [2.45, 2.75) is 33.2 Å². The van der Waals surface area contributed by atoms with Crippen LogP contribution >= 0.6 is 11.3 Å². The minimum absolute atomic E-state index is 0.540. The van der Waals surface area contributed by atoms with Crippen molar-refractivity contribution in [3.63, 3.8) is 0 Å². The van der Waals surface area contributed by atoms with Gasteiger partial charge in [0.05, 0.1) is 5.69 Å². The molecule has 132 valence electrons. The van der Waals surface area contributed by atoms with E-state index in [1.165, 1.54) is 11.3 Å². The fourth-order valence-electron chi connectivity index (χ4n) is 3.51. The summed E-state index contributed by atoms with van der Waals surface area (Å²) in [7, 11) is 0. The summed E-state index contributed by atoms with van der Waals surface area (Å²) in [5.41, 5.74) is 2.71. The van der Waals surface area contributed by atoms with Crippen molar-refractivity contribution < 1.29 is 0 Å². The Morgan fingerprint density at radius 1 is 1.40 bits per heavy atom. The Kier molecular flexibility index (Phi) is 4.43. The van der Waals surface area contributed by atoms with Crippen LogP contribution in [0.15, 0.2) is 18.3 Å². The highest BCUT2D eigenvalue weighted by atomic mass is 32.1. The molecule has 1 aliphatic heterocycles. The number of hydrogen-bond acceptors (Lipinski definition) is 6. The maximum Gasteiger partial charge on any atom is 0.186 e. The molecule has 7 heteroatoms. The van der Waals surface area contributed by atoms with Crippen LogP contribution in [0, 0.1) is 12.8 Å². The SMILES string of the molecule is Cc1sc(N2CCNC(CC(C)C)C2)nc1-c1[nH]nc2ncccc12. The van der Waals surface area contributed by atoms with E-state index >= 15 is 0 Å². The molecule has 3 aromatic heterocycles. The summed E-state index contributed by atoms with van der Waals surface area (Å²) < 4.78 is 0. The number of anilines is 1. The first-order valence-electron chi connectivity index (χ1n) is 8.87. The van der Waals surface area contributed by atoms with Gasteiger partial charge in [-0.15, -0.1) is 11.3 Å². The summed E-state index contributed by atoms with van der Waals surface area (Å²) in [6.45, 7) is 9.74. The number of aryl methyl sites for hydroxylation is 1. The van der Waals surface area contributed by atoms with Crippen LogP contribution in [-0.2, 0) is 0 Å². The standard InChI is InChI=1S/C18H24N6S/c1-11(2)9-13-10-24(8-7-19-13)18-21-15(12(3)25-18)16-14-5-4-6-20-17(14)23-22-16/h4-6,11,13,19H,7-10H2,1-3H3,(H,20,22,23). The molecule has 1 unspecified atom stereocenters. The fraction of sp³-hybridized carbons (Fsp3) is 0.500. The van der Waals surface area contributed by atoms with Gasteiger partial charge >= 0.3 is 0 Å². The molecule has 1 saturated heterocycles. The van der Waals surface area contributed by atoms with Crippen molar-refractivity contribution in [3.8, 4) is 11.4 Å². The lowest BCUT2D eigenvalue weighted by molar-refractivity contribution is 0.388. The van der Waals surface area contributed by atoms with Crippen LogP contribution < -0.4 is 10.2 Å². The number of nitrogens with one attached hydrogen (secondary N) is 2. The van der Waals surface area contributed by atoms with E-state index in [0.29, 0.717) is 12.0 Å². The maximum atomic E-state index is 4.96. The first kappa shape index (κ1) is 16.5. The van der Waals surface area contributed by atoms with E-state index in [9.17, 15) is 0 Å².